The second-order valence-electron chi connectivity index (χ2n) is 7.10. The molecule has 2 amide bonds. The maximum atomic E-state index is 12.2. The number of nitrogen functional groups attached to an aromatic ring is 1. The van der Waals surface area contributed by atoms with Crippen LogP contribution < -0.4 is 16.4 Å². The van der Waals surface area contributed by atoms with E-state index in [1.807, 2.05) is 18.2 Å². The molecule has 0 aliphatic carbocycles. The van der Waals surface area contributed by atoms with Crippen LogP contribution >= 0.6 is 23.1 Å². The van der Waals surface area contributed by atoms with Gasteiger partial charge >= 0.3 is 6.03 Å². The molecule has 1 aromatic carbocycles. The number of hydrogen-bond acceptors (Lipinski definition) is 10. The molecule has 32 heavy (non-hydrogen) atoms. The number of benzene rings is 1. The third-order valence-electron chi connectivity index (χ3n) is 4.86. The number of amides is 2. The quantitative estimate of drug-likeness (QED) is 0.385. The van der Waals surface area contributed by atoms with E-state index < -0.39 is 0 Å². The number of fused-ring (bicyclic) bond motifs is 2. The molecule has 5 rings (SSSR count). The van der Waals surface area contributed by atoms with Crippen molar-refractivity contribution in [2.24, 2.45) is 0 Å². The smallest absolute Gasteiger partial charge is 0.321 e. The van der Waals surface area contributed by atoms with Gasteiger partial charge in [-0.3, -0.25) is 10.2 Å². The molecule has 13 heteroatoms. The van der Waals surface area contributed by atoms with Crippen molar-refractivity contribution in [2.45, 2.75) is 10.1 Å². The first-order valence-corrected chi connectivity index (χ1v) is 11.7. The number of nitrogens with zero attached hydrogens (tertiary/aromatic N) is 6. The Kier molecular flexibility index (Phi) is 6.03. The molecule has 4 N–H and O–H groups in total. The van der Waals surface area contributed by atoms with E-state index >= 15 is 0 Å². The summed E-state index contributed by atoms with van der Waals surface area (Å²) in [4.78, 5) is 19.9. The van der Waals surface area contributed by atoms with Crippen LogP contribution in [-0.2, 0) is 4.74 Å². The molecule has 4 heterocycles. The first-order chi connectivity index (χ1) is 15.6. The normalized spacial score (nSPS) is 14.8. The second kappa shape index (κ2) is 9.24. The van der Waals surface area contributed by atoms with Crippen molar-refractivity contribution in [3.05, 3.63) is 30.3 Å². The monoisotopic (exact) mass is 471 g/mol. The van der Waals surface area contributed by atoms with Crippen molar-refractivity contribution in [3.8, 4) is 0 Å². The first-order valence-electron chi connectivity index (χ1n) is 10.1. The second-order valence-corrected chi connectivity index (χ2v) is 9.17. The van der Waals surface area contributed by atoms with Gasteiger partial charge in [-0.25, -0.2) is 9.78 Å². The summed E-state index contributed by atoms with van der Waals surface area (Å²) >= 11 is 2.85. The number of rotatable bonds is 6. The van der Waals surface area contributed by atoms with Gasteiger partial charge in [0.2, 0.25) is 5.16 Å². The zero-order valence-electron chi connectivity index (χ0n) is 17.0. The van der Waals surface area contributed by atoms with E-state index in [1.54, 1.807) is 16.6 Å². The Morgan fingerprint density at radius 1 is 1.22 bits per heavy atom. The Balaban J connectivity index is 1.21. The lowest BCUT2D eigenvalue weighted by Gasteiger charge is -2.26. The van der Waals surface area contributed by atoms with E-state index in [1.165, 1.54) is 23.1 Å². The molecule has 0 unspecified atom stereocenters. The number of ether oxygens (including phenoxy) is 1. The molecule has 0 spiro atoms. The van der Waals surface area contributed by atoms with Crippen molar-refractivity contribution < 1.29 is 9.53 Å². The number of urea groups is 1. The van der Waals surface area contributed by atoms with E-state index in [-0.39, 0.29) is 6.03 Å². The average Bonchev–Trinajstić information content (AvgIpc) is 3.37. The minimum atomic E-state index is -0.259. The van der Waals surface area contributed by atoms with Crippen molar-refractivity contribution in [1.29, 1.82) is 0 Å². The average molecular weight is 472 g/mol. The van der Waals surface area contributed by atoms with Crippen LogP contribution in [0.4, 0.5) is 15.7 Å². The van der Waals surface area contributed by atoms with Crippen molar-refractivity contribution in [2.75, 3.05) is 50.4 Å². The molecular weight excluding hydrogens is 450 g/mol. The Hall–Kier alpha value is -3.00. The highest BCUT2D eigenvalue weighted by atomic mass is 32.2. The summed E-state index contributed by atoms with van der Waals surface area (Å²) in [5.41, 5.74) is 7.23. The summed E-state index contributed by atoms with van der Waals surface area (Å²) in [5, 5.41) is 19.4. The summed E-state index contributed by atoms with van der Waals surface area (Å²) in [6.07, 6.45) is 0. The zero-order chi connectivity index (χ0) is 21.9. The van der Waals surface area contributed by atoms with Gasteiger partial charge in [-0.15, -0.1) is 15.3 Å². The summed E-state index contributed by atoms with van der Waals surface area (Å²) in [6.45, 7) is 4.66. The molecule has 3 aromatic heterocycles. The molecule has 1 aliphatic heterocycles. The lowest BCUT2D eigenvalue weighted by molar-refractivity contribution is 0.0388. The highest BCUT2D eigenvalue weighted by Gasteiger charge is 2.13. The maximum absolute atomic E-state index is 12.2. The van der Waals surface area contributed by atoms with Gasteiger partial charge in [-0.05, 0) is 42.1 Å². The topological polar surface area (TPSA) is 136 Å². The fourth-order valence-corrected chi connectivity index (χ4v) is 5.07. The number of nitrogens with two attached hydrogens (primary N) is 1. The molecular formula is C19H21N9O2S2. The summed E-state index contributed by atoms with van der Waals surface area (Å²) in [6, 6.07) is 9.08. The van der Waals surface area contributed by atoms with Gasteiger partial charge < -0.3 is 15.8 Å². The molecule has 1 aliphatic rings. The molecule has 1 fully saturated rings. The van der Waals surface area contributed by atoms with Crippen LogP contribution in [0.3, 0.4) is 0 Å². The number of carbonyl (C=O) groups is 1. The SMILES string of the molecule is Nc1ccc2nnc(Sc3ccc4nc(NC(=O)NCCN5CCOCC5)sc4c3)n2n1. The van der Waals surface area contributed by atoms with Gasteiger partial charge in [0.05, 0.1) is 23.4 Å². The predicted octanol–water partition coefficient (Wildman–Crippen LogP) is 1.92. The van der Waals surface area contributed by atoms with E-state index in [4.69, 9.17) is 10.5 Å². The minimum absolute atomic E-state index is 0.259. The van der Waals surface area contributed by atoms with Gasteiger partial charge in [-0.1, -0.05) is 11.3 Å². The molecule has 166 valence electrons. The van der Waals surface area contributed by atoms with E-state index in [2.05, 4.69) is 35.8 Å². The summed E-state index contributed by atoms with van der Waals surface area (Å²) in [7, 11) is 0. The van der Waals surface area contributed by atoms with Crippen LogP contribution in [0.1, 0.15) is 0 Å². The molecule has 0 saturated carbocycles. The number of carbonyl (C=O) groups excluding carboxylic acids is 1. The predicted molar refractivity (Wildman–Crippen MR) is 123 cm³/mol. The zero-order valence-corrected chi connectivity index (χ0v) is 18.7. The third kappa shape index (κ3) is 4.75. The van der Waals surface area contributed by atoms with Crippen LogP contribution in [0.15, 0.2) is 40.4 Å². The Morgan fingerprint density at radius 3 is 2.97 bits per heavy atom. The number of thiazole rings is 1. The lowest BCUT2D eigenvalue weighted by Crippen LogP contribution is -2.42. The van der Waals surface area contributed by atoms with E-state index in [0.29, 0.717) is 28.3 Å². The minimum Gasteiger partial charge on any atom is -0.382 e. The van der Waals surface area contributed by atoms with Crippen LogP contribution in [0.2, 0.25) is 0 Å². The molecule has 11 nitrogen and oxygen atoms in total. The highest BCUT2D eigenvalue weighted by Crippen LogP contribution is 2.32. The van der Waals surface area contributed by atoms with Crippen LogP contribution in [0, 0.1) is 0 Å². The van der Waals surface area contributed by atoms with Gasteiger partial charge in [0.25, 0.3) is 0 Å². The molecule has 0 atom stereocenters. The molecule has 1 saturated heterocycles. The van der Waals surface area contributed by atoms with Crippen LogP contribution in [0.25, 0.3) is 15.9 Å². The number of anilines is 2. The number of aromatic nitrogens is 5. The fourth-order valence-electron chi connectivity index (χ4n) is 3.27. The number of nitrogens with one attached hydrogen (secondary N) is 2. The third-order valence-corrected chi connectivity index (χ3v) is 6.72. The van der Waals surface area contributed by atoms with Gasteiger partial charge in [0.1, 0.15) is 5.82 Å². The maximum Gasteiger partial charge on any atom is 0.321 e. The van der Waals surface area contributed by atoms with Crippen molar-refractivity contribution >= 4 is 55.9 Å². The Labute approximate surface area is 191 Å². The molecule has 0 bridgehead atoms. The largest absolute Gasteiger partial charge is 0.382 e. The Morgan fingerprint density at radius 2 is 2.09 bits per heavy atom. The summed E-state index contributed by atoms with van der Waals surface area (Å²) in [5.74, 6) is 0.399. The van der Waals surface area contributed by atoms with E-state index in [0.717, 1.165) is 48.0 Å². The van der Waals surface area contributed by atoms with Crippen molar-refractivity contribution in [1.82, 2.24) is 35.0 Å². The lowest BCUT2D eigenvalue weighted by atomic mass is 10.3. The standard InChI is InChI=1S/C19H21N9O2S2/c20-15-3-4-16-24-25-19(28(16)26-15)31-12-1-2-13-14(11-12)32-18(22-13)23-17(29)21-5-6-27-7-9-30-10-8-27/h1-4,11H,5-10H2,(H2,20,26)(H2,21,22,23,29). The fraction of sp³-hybridized carbons (Fsp3) is 0.316. The van der Waals surface area contributed by atoms with Gasteiger partial charge in [0.15, 0.2) is 10.8 Å². The van der Waals surface area contributed by atoms with Gasteiger partial charge in [-0.2, -0.15) is 4.52 Å². The van der Waals surface area contributed by atoms with Crippen LogP contribution in [0.5, 0.6) is 0 Å². The first kappa shape index (κ1) is 20.9. The Bertz CT molecular complexity index is 1250. The van der Waals surface area contributed by atoms with Gasteiger partial charge in [0, 0.05) is 31.1 Å². The van der Waals surface area contributed by atoms with E-state index in [9.17, 15) is 4.79 Å². The highest BCUT2D eigenvalue weighted by molar-refractivity contribution is 7.99. The number of hydrogen-bond donors (Lipinski definition) is 3. The summed E-state index contributed by atoms with van der Waals surface area (Å²) < 4.78 is 7.90. The van der Waals surface area contributed by atoms with Crippen molar-refractivity contribution in [3.63, 3.8) is 0 Å². The number of morpholine rings is 1. The molecule has 0 radical (unpaired) electrons. The van der Waals surface area contributed by atoms with Crippen LogP contribution in [-0.4, -0.2) is 75.1 Å². The molecule has 4 aromatic rings.